The van der Waals surface area contributed by atoms with Crippen LogP contribution >= 0.6 is 0 Å². The minimum Gasteiger partial charge on any atom is -0.486 e. The monoisotopic (exact) mass is 344 g/mol. The summed E-state index contributed by atoms with van der Waals surface area (Å²) in [6.07, 6.45) is 2.13. The Labute approximate surface area is 144 Å². The number of rotatable bonds is 2. The van der Waals surface area contributed by atoms with Crippen LogP contribution in [0.1, 0.15) is 29.0 Å². The summed E-state index contributed by atoms with van der Waals surface area (Å²) in [5.74, 6) is 1.90. The molecule has 0 aliphatic carbocycles. The lowest BCUT2D eigenvalue weighted by molar-refractivity contribution is 0.0931. The molecule has 4 rings (SSSR count). The Morgan fingerprint density at radius 2 is 2.04 bits per heavy atom. The summed E-state index contributed by atoms with van der Waals surface area (Å²) in [5, 5.41) is 7.31. The van der Waals surface area contributed by atoms with Crippen LogP contribution in [0.3, 0.4) is 0 Å². The molecule has 0 spiro atoms. The van der Waals surface area contributed by atoms with Crippen molar-refractivity contribution in [2.45, 2.75) is 31.8 Å². The molecule has 0 fully saturated rings. The number of nitrogens with one attached hydrogen (secondary N) is 1. The van der Waals surface area contributed by atoms with E-state index >= 15 is 0 Å². The van der Waals surface area contributed by atoms with Gasteiger partial charge < -0.3 is 14.8 Å². The summed E-state index contributed by atoms with van der Waals surface area (Å²) in [7, 11) is 1.66. The highest BCUT2D eigenvalue weighted by atomic mass is 16.6. The number of hydrogen-bond donors (Lipinski definition) is 1. The van der Waals surface area contributed by atoms with Crippen molar-refractivity contribution in [3.63, 3.8) is 0 Å². The number of ether oxygens (including phenoxy) is 2. The van der Waals surface area contributed by atoms with Crippen molar-refractivity contribution in [2.75, 3.05) is 13.2 Å². The standard InChI is InChI=1S/C17H20N4O4/c1-20-17(23)21-7-6-12(3-5-15(21)19-20)18-16(22)11-2-4-13-14(10-11)25-9-8-24-13/h2,4,10,12H,3,5-9H2,1H3,(H,18,22). The van der Waals surface area contributed by atoms with E-state index in [1.165, 1.54) is 4.68 Å². The van der Waals surface area contributed by atoms with E-state index in [-0.39, 0.29) is 17.6 Å². The lowest BCUT2D eigenvalue weighted by Gasteiger charge is -2.20. The molecule has 0 radical (unpaired) electrons. The van der Waals surface area contributed by atoms with Gasteiger partial charge in [0.05, 0.1) is 0 Å². The zero-order valence-electron chi connectivity index (χ0n) is 14.0. The first-order valence-electron chi connectivity index (χ1n) is 8.45. The Hall–Kier alpha value is -2.77. The van der Waals surface area contributed by atoms with Crippen LogP contribution < -0.4 is 20.5 Å². The second kappa shape index (κ2) is 6.27. The number of aryl methyl sites for hydroxylation is 2. The summed E-state index contributed by atoms with van der Waals surface area (Å²) in [4.78, 5) is 24.6. The van der Waals surface area contributed by atoms with Gasteiger partial charge in [0, 0.05) is 31.6 Å². The number of carbonyl (C=O) groups is 1. The zero-order valence-corrected chi connectivity index (χ0v) is 14.0. The second-order valence-electron chi connectivity index (χ2n) is 6.33. The van der Waals surface area contributed by atoms with Gasteiger partial charge in [-0.2, -0.15) is 5.10 Å². The van der Waals surface area contributed by atoms with E-state index < -0.39 is 0 Å². The molecule has 1 N–H and O–H groups in total. The first-order valence-corrected chi connectivity index (χ1v) is 8.45. The molecule has 2 aliphatic heterocycles. The summed E-state index contributed by atoms with van der Waals surface area (Å²) in [5.41, 5.74) is 0.441. The summed E-state index contributed by atoms with van der Waals surface area (Å²) < 4.78 is 14.1. The quantitative estimate of drug-likeness (QED) is 0.857. The molecule has 2 aliphatic rings. The van der Waals surface area contributed by atoms with Gasteiger partial charge in [-0.25, -0.2) is 9.48 Å². The smallest absolute Gasteiger partial charge is 0.345 e. The SMILES string of the molecule is Cn1nc2n(c1=O)CCC(NC(=O)c1ccc3c(c1)OCCO3)CC2. The third-order valence-corrected chi connectivity index (χ3v) is 4.64. The van der Waals surface area contributed by atoms with E-state index in [2.05, 4.69) is 10.4 Å². The maximum Gasteiger partial charge on any atom is 0.345 e. The molecule has 0 saturated carbocycles. The first-order chi connectivity index (χ1) is 12.1. The van der Waals surface area contributed by atoms with Crippen LogP contribution in [0.5, 0.6) is 11.5 Å². The van der Waals surface area contributed by atoms with Crippen molar-refractivity contribution in [3.05, 3.63) is 40.1 Å². The highest BCUT2D eigenvalue weighted by molar-refractivity contribution is 5.95. The zero-order chi connectivity index (χ0) is 17.4. The van der Waals surface area contributed by atoms with Gasteiger partial charge in [-0.1, -0.05) is 0 Å². The van der Waals surface area contributed by atoms with Crippen molar-refractivity contribution in [1.29, 1.82) is 0 Å². The molecular formula is C17H20N4O4. The fourth-order valence-electron chi connectivity index (χ4n) is 3.29. The van der Waals surface area contributed by atoms with Crippen LogP contribution in [0, 0.1) is 0 Å². The largest absolute Gasteiger partial charge is 0.486 e. The van der Waals surface area contributed by atoms with Gasteiger partial charge in [-0.15, -0.1) is 0 Å². The molecule has 1 amide bonds. The van der Waals surface area contributed by atoms with Crippen LogP contribution in [-0.4, -0.2) is 39.5 Å². The van der Waals surface area contributed by atoms with Crippen molar-refractivity contribution >= 4 is 5.91 Å². The lowest BCUT2D eigenvalue weighted by Crippen LogP contribution is -2.35. The molecule has 3 heterocycles. The number of carbonyl (C=O) groups excluding carboxylic acids is 1. The molecule has 0 bridgehead atoms. The number of hydrogen-bond acceptors (Lipinski definition) is 5. The van der Waals surface area contributed by atoms with E-state index in [1.807, 2.05) is 0 Å². The van der Waals surface area contributed by atoms with E-state index in [9.17, 15) is 9.59 Å². The van der Waals surface area contributed by atoms with Crippen LogP contribution in [0.15, 0.2) is 23.0 Å². The minimum absolute atomic E-state index is 0.00658. The Kier molecular flexibility index (Phi) is 3.95. The van der Waals surface area contributed by atoms with E-state index in [1.54, 1.807) is 29.8 Å². The van der Waals surface area contributed by atoms with Gasteiger partial charge in [0.2, 0.25) is 0 Å². The maximum absolute atomic E-state index is 12.5. The number of fused-ring (bicyclic) bond motifs is 2. The summed E-state index contributed by atoms with van der Waals surface area (Å²) in [6.45, 7) is 1.57. The molecule has 2 aromatic rings. The second-order valence-corrected chi connectivity index (χ2v) is 6.33. The number of amides is 1. The first kappa shape index (κ1) is 15.7. The van der Waals surface area contributed by atoms with Crippen LogP contribution in [-0.2, 0) is 20.0 Å². The molecule has 8 heteroatoms. The van der Waals surface area contributed by atoms with Crippen LogP contribution in [0.2, 0.25) is 0 Å². The lowest BCUT2D eigenvalue weighted by atomic mass is 10.1. The number of aromatic nitrogens is 3. The average molecular weight is 344 g/mol. The summed E-state index contributed by atoms with van der Waals surface area (Å²) in [6, 6.07) is 5.21. The van der Waals surface area contributed by atoms with Gasteiger partial charge in [0.1, 0.15) is 19.0 Å². The van der Waals surface area contributed by atoms with Crippen molar-refractivity contribution in [2.24, 2.45) is 7.05 Å². The van der Waals surface area contributed by atoms with Gasteiger partial charge in [0.15, 0.2) is 11.5 Å². The molecular weight excluding hydrogens is 324 g/mol. The Morgan fingerprint density at radius 3 is 2.88 bits per heavy atom. The van der Waals surface area contributed by atoms with Crippen LogP contribution in [0.4, 0.5) is 0 Å². The molecule has 1 aromatic carbocycles. The normalized spacial score (nSPS) is 19.0. The predicted molar refractivity (Wildman–Crippen MR) is 89.1 cm³/mol. The van der Waals surface area contributed by atoms with E-state index in [4.69, 9.17) is 9.47 Å². The van der Waals surface area contributed by atoms with Crippen molar-refractivity contribution in [1.82, 2.24) is 19.7 Å². The van der Waals surface area contributed by atoms with Crippen LogP contribution in [0.25, 0.3) is 0 Å². The molecule has 8 nitrogen and oxygen atoms in total. The molecule has 0 saturated heterocycles. The van der Waals surface area contributed by atoms with Gasteiger partial charge in [-0.05, 0) is 31.0 Å². The third kappa shape index (κ3) is 2.99. The van der Waals surface area contributed by atoms with Crippen molar-refractivity contribution < 1.29 is 14.3 Å². The van der Waals surface area contributed by atoms with E-state index in [0.29, 0.717) is 49.7 Å². The number of benzene rings is 1. The molecule has 132 valence electrons. The van der Waals surface area contributed by atoms with Gasteiger partial charge in [0.25, 0.3) is 5.91 Å². The molecule has 1 atom stereocenters. The number of nitrogens with zero attached hydrogens (tertiary/aromatic N) is 3. The van der Waals surface area contributed by atoms with E-state index in [0.717, 1.165) is 12.2 Å². The van der Waals surface area contributed by atoms with Crippen molar-refractivity contribution in [3.8, 4) is 11.5 Å². The molecule has 1 aromatic heterocycles. The Morgan fingerprint density at radius 1 is 1.24 bits per heavy atom. The predicted octanol–water partition coefficient (Wildman–Crippen LogP) is 0.488. The fourth-order valence-corrected chi connectivity index (χ4v) is 3.29. The molecule has 1 unspecified atom stereocenters. The maximum atomic E-state index is 12.5. The average Bonchev–Trinajstić information content (AvgIpc) is 2.78. The highest BCUT2D eigenvalue weighted by Gasteiger charge is 2.22. The fraction of sp³-hybridized carbons (Fsp3) is 0.471. The Balaban J connectivity index is 1.44. The third-order valence-electron chi connectivity index (χ3n) is 4.64. The Bertz CT molecular complexity index is 870. The van der Waals surface area contributed by atoms with Gasteiger partial charge in [-0.3, -0.25) is 9.36 Å². The van der Waals surface area contributed by atoms with Gasteiger partial charge >= 0.3 is 5.69 Å². The highest BCUT2D eigenvalue weighted by Crippen LogP contribution is 2.30. The topological polar surface area (TPSA) is 87.4 Å². The summed E-state index contributed by atoms with van der Waals surface area (Å²) >= 11 is 0. The minimum atomic E-state index is -0.144. The molecule has 25 heavy (non-hydrogen) atoms.